The molecule has 0 unspecified atom stereocenters. The molecule has 1 aliphatic rings. The van der Waals surface area contributed by atoms with Crippen molar-refractivity contribution in [1.29, 1.82) is 0 Å². The summed E-state index contributed by atoms with van der Waals surface area (Å²) in [6.07, 6.45) is 6.30. The smallest absolute Gasteiger partial charge is 0.143 e. The first-order chi connectivity index (χ1) is 7.79. The third-order valence-corrected chi connectivity index (χ3v) is 3.62. The predicted molar refractivity (Wildman–Crippen MR) is 66.5 cm³/mol. The van der Waals surface area contributed by atoms with Gasteiger partial charge in [-0.3, -0.25) is 4.79 Å². The molecular formula is C15H20O. The minimum absolute atomic E-state index is 0.0883. The highest BCUT2D eigenvalue weighted by Crippen LogP contribution is 2.49. The molecule has 0 aliphatic heterocycles. The minimum atomic E-state index is -0.0883. The van der Waals surface area contributed by atoms with Crippen LogP contribution in [0.25, 0.3) is 0 Å². The molecule has 0 heterocycles. The van der Waals surface area contributed by atoms with Gasteiger partial charge in [-0.25, -0.2) is 0 Å². The van der Waals surface area contributed by atoms with E-state index >= 15 is 0 Å². The molecular weight excluding hydrogens is 196 g/mol. The molecule has 86 valence electrons. The second kappa shape index (κ2) is 4.82. The van der Waals surface area contributed by atoms with Crippen LogP contribution in [0.15, 0.2) is 30.3 Å². The summed E-state index contributed by atoms with van der Waals surface area (Å²) in [5.41, 5.74) is 1.14. The third kappa shape index (κ3) is 2.18. The van der Waals surface area contributed by atoms with Crippen molar-refractivity contribution in [3.8, 4) is 0 Å². The molecule has 16 heavy (non-hydrogen) atoms. The zero-order valence-corrected chi connectivity index (χ0v) is 10.0. The molecule has 1 saturated carbocycles. The van der Waals surface area contributed by atoms with Gasteiger partial charge in [-0.1, -0.05) is 50.1 Å². The molecule has 0 bridgehead atoms. The Morgan fingerprint density at radius 2 is 1.88 bits per heavy atom. The third-order valence-electron chi connectivity index (χ3n) is 3.62. The van der Waals surface area contributed by atoms with Crippen LogP contribution in [0.2, 0.25) is 0 Å². The molecule has 1 heteroatoms. The van der Waals surface area contributed by atoms with Crippen LogP contribution in [0.1, 0.15) is 51.0 Å². The summed E-state index contributed by atoms with van der Waals surface area (Å²) in [7, 11) is 0. The van der Waals surface area contributed by atoms with E-state index in [1.807, 2.05) is 18.2 Å². The second-order valence-corrected chi connectivity index (χ2v) is 4.83. The first-order valence-corrected chi connectivity index (χ1v) is 6.38. The molecule has 1 aliphatic carbocycles. The van der Waals surface area contributed by atoms with Crippen molar-refractivity contribution in [3.05, 3.63) is 35.9 Å². The fourth-order valence-corrected chi connectivity index (χ4v) is 2.39. The van der Waals surface area contributed by atoms with Crippen LogP contribution in [-0.2, 0) is 10.2 Å². The van der Waals surface area contributed by atoms with Crippen molar-refractivity contribution in [2.24, 2.45) is 0 Å². The summed E-state index contributed by atoms with van der Waals surface area (Å²) in [6.45, 7) is 2.18. The largest absolute Gasteiger partial charge is 0.299 e. The summed E-state index contributed by atoms with van der Waals surface area (Å²) in [4.78, 5) is 12.2. The zero-order chi connectivity index (χ0) is 11.4. The van der Waals surface area contributed by atoms with E-state index in [4.69, 9.17) is 0 Å². The molecule has 0 amide bonds. The normalized spacial score (nSPS) is 17.1. The topological polar surface area (TPSA) is 17.1 Å². The highest BCUT2D eigenvalue weighted by atomic mass is 16.1. The van der Waals surface area contributed by atoms with Crippen LogP contribution in [0, 0.1) is 0 Å². The zero-order valence-electron chi connectivity index (χ0n) is 10.0. The second-order valence-electron chi connectivity index (χ2n) is 4.83. The highest BCUT2D eigenvalue weighted by Gasteiger charge is 2.49. The van der Waals surface area contributed by atoms with E-state index in [0.29, 0.717) is 5.78 Å². The fourth-order valence-electron chi connectivity index (χ4n) is 2.39. The van der Waals surface area contributed by atoms with Gasteiger partial charge in [-0.05, 0) is 24.8 Å². The van der Waals surface area contributed by atoms with Crippen LogP contribution < -0.4 is 0 Å². The monoisotopic (exact) mass is 216 g/mol. The van der Waals surface area contributed by atoms with E-state index in [2.05, 4.69) is 19.1 Å². The number of rotatable bonds is 6. The summed E-state index contributed by atoms with van der Waals surface area (Å²) < 4.78 is 0. The Labute approximate surface area is 97.9 Å². The van der Waals surface area contributed by atoms with Crippen molar-refractivity contribution in [2.75, 3.05) is 0 Å². The van der Waals surface area contributed by atoms with Crippen LogP contribution in [0.3, 0.4) is 0 Å². The first-order valence-electron chi connectivity index (χ1n) is 6.38. The van der Waals surface area contributed by atoms with Crippen LogP contribution in [0.5, 0.6) is 0 Å². The lowest BCUT2D eigenvalue weighted by Crippen LogP contribution is -2.20. The number of unbranched alkanes of at least 4 members (excludes halogenated alkanes) is 2. The lowest BCUT2D eigenvalue weighted by Gasteiger charge is -2.14. The maximum Gasteiger partial charge on any atom is 0.143 e. The van der Waals surface area contributed by atoms with Gasteiger partial charge >= 0.3 is 0 Å². The van der Waals surface area contributed by atoms with Crippen molar-refractivity contribution in [3.63, 3.8) is 0 Å². The number of ketones is 1. The average molecular weight is 216 g/mol. The molecule has 0 saturated heterocycles. The quantitative estimate of drug-likeness (QED) is 0.660. The molecule has 0 radical (unpaired) electrons. The number of hydrogen-bond donors (Lipinski definition) is 0. The molecule has 0 atom stereocenters. The van der Waals surface area contributed by atoms with Crippen molar-refractivity contribution < 1.29 is 4.79 Å². The van der Waals surface area contributed by atoms with Gasteiger partial charge in [-0.2, -0.15) is 0 Å². The van der Waals surface area contributed by atoms with E-state index in [1.165, 1.54) is 18.4 Å². The van der Waals surface area contributed by atoms with Crippen molar-refractivity contribution in [1.82, 2.24) is 0 Å². The Morgan fingerprint density at radius 3 is 2.44 bits per heavy atom. The highest BCUT2D eigenvalue weighted by molar-refractivity contribution is 5.93. The van der Waals surface area contributed by atoms with E-state index in [-0.39, 0.29) is 5.41 Å². The number of benzene rings is 1. The number of carbonyl (C=O) groups is 1. The van der Waals surface area contributed by atoms with Crippen LogP contribution in [-0.4, -0.2) is 5.78 Å². The summed E-state index contributed by atoms with van der Waals surface area (Å²) in [5, 5.41) is 0. The maximum atomic E-state index is 12.2. The van der Waals surface area contributed by atoms with Crippen LogP contribution >= 0.6 is 0 Å². The molecule has 1 aromatic rings. The number of carbonyl (C=O) groups excluding carboxylic acids is 1. The van der Waals surface area contributed by atoms with Gasteiger partial charge in [0.05, 0.1) is 5.41 Å². The predicted octanol–water partition coefficient (Wildman–Crippen LogP) is 3.87. The van der Waals surface area contributed by atoms with Gasteiger partial charge in [0.25, 0.3) is 0 Å². The average Bonchev–Trinajstić information content (AvgIpc) is 3.12. The molecule has 1 fully saturated rings. The maximum absolute atomic E-state index is 12.2. The minimum Gasteiger partial charge on any atom is -0.299 e. The van der Waals surface area contributed by atoms with E-state index < -0.39 is 0 Å². The van der Waals surface area contributed by atoms with Gasteiger partial charge in [0.1, 0.15) is 5.78 Å². The Kier molecular flexibility index (Phi) is 3.42. The lowest BCUT2D eigenvalue weighted by atomic mass is 9.89. The molecule has 2 rings (SSSR count). The SMILES string of the molecule is CCCCCC(=O)C1(c2ccccc2)CC1. The Balaban J connectivity index is 2.00. The fraction of sp³-hybridized carbons (Fsp3) is 0.533. The standard InChI is InChI=1S/C15H20O/c1-2-3-5-10-14(16)15(11-12-15)13-8-6-4-7-9-13/h4,6-9H,2-3,5,10-12H2,1H3. The first kappa shape index (κ1) is 11.4. The molecule has 0 N–H and O–H groups in total. The molecule has 1 nitrogen and oxygen atoms in total. The van der Waals surface area contributed by atoms with E-state index in [9.17, 15) is 4.79 Å². The van der Waals surface area contributed by atoms with Gasteiger partial charge in [0.2, 0.25) is 0 Å². The summed E-state index contributed by atoms with van der Waals surface area (Å²) in [5.74, 6) is 0.465. The Hall–Kier alpha value is -1.11. The van der Waals surface area contributed by atoms with Gasteiger partial charge in [-0.15, -0.1) is 0 Å². The van der Waals surface area contributed by atoms with E-state index in [0.717, 1.165) is 25.7 Å². The Bertz CT molecular complexity index is 349. The lowest BCUT2D eigenvalue weighted by molar-refractivity contribution is -0.121. The molecule has 1 aromatic carbocycles. The van der Waals surface area contributed by atoms with Gasteiger partial charge < -0.3 is 0 Å². The van der Waals surface area contributed by atoms with Gasteiger partial charge in [0, 0.05) is 6.42 Å². The van der Waals surface area contributed by atoms with Crippen molar-refractivity contribution in [2.45, 2.75) is 50.9 Å². The van der Waals surface area contributed by atoms with Crippen molar-refractivity contribution >= 4 is 5.78 Å². The molecule has 0 spiro atoms. The number of Topliss-reactive ketones (excluding diaryl/α,β-unsaturated/α-hetero) is 1. The summed E-state index contributed by atoms with van der Waals surface area (Å²) >= 11 is 0. The summed E-state index contributed by atoms with van der Waals surface area (Å²) in [6, 6.07) is 10.3. The van der Waals surface area contributed by atoms with Gasteiger partial charge in [0.15, 0.2) is 0 Å². The van der Waals surface area contributed by atoms with E-state index in [1.54, 1.807) is 0 Å². The van der Waals surface area contributed by atoms with Crippen LogP contribution in [0.4, 0.5) is 0 Å². The Morgan fingerprint density at radius 1 is 1.19 bits per heavy atom. The molecule has 0 aromatic heterocycles. The number of hydrogen-bond acceptors (Lipinski definition) is 1.